The monoisotopic (exact) mass is 249 g/mol. The molecule has 2 rings (SSSR count). The number of carbonyl (C=O) groups is 1. The second-order valence-corrected chi connectivity index (χ2v) is 5.21. The van der Waals surface area contributed by atoms with Crippen LogP contribution in [0.15, 0.2) is 24.3 Å². The van der Waals surface area contributed by atoms with Gasteiger partial charge in [-0.1, -0.05) is 18.6 Å². The van der Waals surface area contributed by atoms with Gasteiger partial charge in [-0.2, -0.15) is 0 Å². The zero-order valence-electron chi connectivity index (χ0n) is 10.9. The number of rotatable bonds is 6. The van der Waals surface area contributed by atoms with Gasteiger partial charge in [-0.25, -0.2) is 4.39 Å². The third-order valence-electron chi connectivity index (χ3n) is 3.69. The molecule has 0 aromatic heterocycles. The van der Waals surface area contributed by atoms with E-state index in [1.807, 2.05) is 7.05 Å². The Bertz CT molecular complexity index is 415. The molecule has 1 aromatic rings. The summed E-state index contributed by atoms with van der Waals surface area (Å²) in [6.07, 6.45) is 4.36. The molecule has 1 aliphatic rings. The van der Waals surface area contributed by atoms with Gasteiger partial charge >= 0.3 is 0 Å². The van der Waals surface area contributed by atoms with Crippen LogP contribution in [0.2, 0.25) is 0 Å². The fourth-order valence-electron chi connectivity index (χ4n) is 2.32. The highest BCUT2D eigenvalue weighted by Gasteiger charge is 2.19. The highest BCUT2D eigenvalue weighted by atomic mass is 19.1. The summed E-state index contributed by atoms with van der Waals surface area (Å²) in [7, 11) is 2.03. The summed E-state index contributed by atoms with van der Waals surface area (Å²) in [5, 5.41) is 0. The van der Waals surface area contributed by atoms with Gasteiger partial charge in [-0.15, -0.1) is 0 Å². The molecule has 0 heterocycles. The Morgan fingerprint density at radius 1 is 1.39 bits per heavy atom. The predicted molar refractivity (Wildman–Crippen MR) is 70.2 cm³/mol. The first-order valence-corrected chi connectivity index (χ1v) is 6.63. The summed E-state index contributed by atoms with van der Waals surface area (Å²) in [5.74, 6) is 0.288. The molecule has 18 heavy (non-hydrogen) atoms. The highest BCUT2D eigenvalue weighted by Crippen LogP contribution is 2.26. The van der Waals surface area contributed by atoms with E-state index < -0.39 is 5.82 Å². The average Bonchev–Trinajstić information content (AvgIpc) is 2.31. The van der Waals surface area contributed by atoms with Gasteiger partial charge in [0.05, 0.1) is 5.56 Å². The molecule has 2 nitrogen and oxygen atoms in total. The van der Waals surface area contributed by atoms with E-state index >= 15 is 0 Å². The van der Waals surface area contributed by atoms with Crippen molar-refractivity contribution in [1.29, 1.82) is 0 Å². The normalized spacial score (nSPS) is 15.7. The van der Waals surface area contributed by atoms with E-state index in [0.29, 0.717) is 13.0 Å². The standard InChI is InChI=1S/C15H20FNO/c1-17(11-12-5-4-6-12)10-9-15(18)13-7-2-3-8-14(13)16/h2-3,7-8,12H,4-6,9-11H2,1H3. The fraction of sp³-hybridized carbons (Fsp3) is 0.533. The maximum absolute atomic E-state index is 13.4. The van der Waals surface area contributed by atoms with Crippen molar-refractivity contribution in [1.82, 2.24) is 4.90 Å². The molecular weight excluding hydrogens is 229 g/mol. The topological polar surface area (TPSA) is 20.3 Å². The lowest BCUT2D eigenvalue weighted by atomic mass is 9.85. The average molecular weight is 249 g/mol. The van der Waals surface area contributed by atoms with E-state index in [9.17, 15) is 9.18 Å². The van der Waals surface area contributed by atoms with Gasteiger partial charge in [-0.05, 0) is 37.9 Å². The molecule has 0 spiro atoms. The minimum Gasteiger partial charge on any atom is -0.306 e. The minimum atomic E-state index is -0.413. The van der Waals surface area contributed by atoms with Crippen LogP contribution in [0.4, 0.5) is 4.39 Å². The lowest BCUT2D eigenvalue weighted by Gasteiger charge is -2.29. The molecule has 0 bridgehead atoms. The molecule has 1 fully saturated rings. The zero-order valence-corrected chi connectivity index (χ0v) is 10.9. The van der Waals surface area contributed by atoms with E-state index in [1.165, 1.54) is 25.3 Å². The van der Waals surface area contributed by atoms with E-state index in [-0.39, 0.29) is 11.3 Å². The summed E-state index contributed by atoms with van der Waals surface area (Å²) in [6, 6.07) is 6.21. The number of ketones is 1. The first-order chi connectivity index (χ1) is 8.66. The number of carbonyl (C=O) groups excluding carboxylic acids is 1. The summed E-state index contributed by atoms with van der Waals surface area (Å²) in [5.41, 5.74) is 0.217. The number of Topliss-reactive ketones (excluding diaryl/α,β-unsaturated/α-hetero) is 1. The van der Waals surface area contributed by atoms with Crippen LogP contribution in [0.3, 0.4) is 0 Å². The third kappa shape index (κ3) is 3.39. The van der Waals surface area contributed by atoms with E-state index in [4.69, 9.17) is 0 Å². The summed E-state index contributed by atoms with van der Waals surface area (Å²) in [6.45, 7) is 1.77. The molecule has 0 unspecified atom stereocenters. The second kappa shape index (κ2) is 6.10. The summed E-state index contributed by atoms with van der Waals surface area (Å²) < 4.78 is 13.4. The Morgan fingerprint density at radius 3 is 2.72 bits per heavy atom. The fourth-order valence-corrected chi connectivity index (χ4v) is 2.32. The third-order valence-corrected chi connectivity index (χ3v) is 3.69. The van der Waals surface area contributed by atoms with Crippen molar-refractivity contribution in [2.75, 3.05) is 20.1 Å². The first-order valence-electron chi connectivity index (χ1n) is 6.63. The number of halogens is 1. The number of benzene rings is 1. The molecule has 1 aromatic carbocycles. The van der Waals surface area contributed by atoms with Crippen LogP contribution in [0.25, 0.3) is 0 Å². The molecule has 0 atom stereocenters. The Labute approximate surface area is 108 Å². The maximum Gasteiger partial charge on any atom is 0.167 e. The van der Waals surface area contributed by atoms with Crippen LogP contribution in [0.1, 0.15) is 36.0 Å². The summed E-state index contributed by atoms with van der Waals surface area (Å²) >= 11 is 0. The van der Waals surface area contributed by atoms with Crippen LogP contribution < -0.4 is 0 Å². The number of nitrogens with zero attached hydrogens (tertiary/aromatic N) is 1. The van der Waals surface area contributed by atoms with Crippen molar-refractivity contribution in [2.45, 2.75) is 25.7 Å². The first kappa shape index (κ1) is 13.2. The van der Waals surface area contributed by atoms with Gasteiger partial charge in [0.2, 0.25) is 0 Å². The molecule has 1 saturated carbocycles. The molecule has 3 heteroatoms. The largest absolute Gasteiger partial charge is 0.306 e. The van der Waals surface area contributed by atoms with Crippen molar-refractivity contribution in [3.05, 3.63) is 35.6 Å². The number of hydrogen-bond donors (Lipinski definition) is 0. The lowest BCUT2D eigenvalue weighted by molar-refractivity contribution is 0.0957. The van der Waals surface area contributed by atoms with Gasteiger partial charge in [-0.3, -0.25) is 4.79 Å². The Morgan fingerprint density at radius 2 is 2.11 bits per heavy atom. The molecule has 1 aliphatic carbocycles. The zero-order chi connectivity index (χ0) is 13.0. The Hall–Kier alpha value is -1.22. The minimum absolute atomic E-state index is 0.103. The van der Waals surface area contributed by atoms with Crippen molar-refractivity contribution in [3.8, 4) is 0 Å². The molecule has 0 amide bonds. The van der Waals surface area contributed by atoms with Gasteiger partial charge < -0.3 is 4.90 Å². The van der Waals surface area contributed by atoms with Crippen LogP contribution in [0, 0.1) is 11.7 Å². The quantitative estimate of drug-likeness (QED) is 0.722. The molecule has 0 saturated heterocycles. The van der Waals surface area contributed by atoms with Crippen molar-refractivity contribution < 1.29 is 9.18 Å². The van der Waals surface area contributed by atoms with Gasteiger partial charge in [0.1, 0.15) is 5.82 Å². The van der Waals surface area contributed by atoms with E-state index in [0.717, 1.165) is 12.5 Å². The van der Waals surface area contributed by atoms with E-state index in [2.05, 4.69) is 4.90 Å². The van der Waals surface area contributed by atoms with Gasteiger partial charge in [0.15, 0.2) is 5.78 Å². The van der Waals surface area contributed by atoms with Crippen LogP contribution >= 0.6 is 0 Å². The number of hydrogen-bond acceptors (Lipinski definition) is 2. The highest BCUT2D eigenvalue weighted by molar-refractivity contribution is 5.96. The van der Waals surface area contributed by atoms with Crippen LogP contribution in [-0.4, -0.2) is 30.8 Å². The predicted octanol–water partition coefficient (Wildman–Crippen LogP) is 3.13. The maximum atomic E-state index is 13.4. The van der Waals surface area contributed by atoms with Crippen LogP contribution in [-0.2, 0) is 0 Å². The summed E-state index contributed by atoms with van der Waals surface area (Å²) in [4.78, 5) is 14.1. The Kier molecular flexibility index (Phi) is 4.48. The van der Waals surface area contributed by atoms with Crippen molar-refractivity contribution >= 4 is 5.78 Å². The second-order valence-electron chi connectivity index (χ2n) is 5.21. The SMILES string of the molecule is CN(CCC(=O)c1ccccc1F)CC1CCC1. The molecule has 0 aliphatic heterocycles. The molecule has 0 N–H and O–H groups in total. The van der Waals surface area contributed by atoms with Gasteiger partial charge in [0, 0.05) is 19.5 Å². The lowest BCUT2D eigenvalue weighted by Crippen LogP contribution is -2.31. The molecule has 98 valence electrons. The Balaban J connectivity index is 1.79. The smallest absolute Gasteiger partial charge is 0.167 e. The van der Waals surface area contributed by atoms with Crippen LogP contribution in [0.5, 0.6) is 0 Å². The molecule has 0 radical (unpaired) electrons. The van der Waals surface area contributed by atoms with Crippen molar-refractivity contribution in [3.63, 3.8) is 0 Å². The van der Waals surface area contributed by atoms with Gasteiger partial charge in [0.25, 0.3) is 0 Å². The molecular formula is C15H20FNO. The van der Waals surface area contributed by atoms with Crippen molar-refractivity contribution in [2.24, 2.45) is 5.92 Å². The van der Waals surface area contributed by atoms with E-state index in [1.54, 1.807) is 18.2 Å².